The van der Waals surface area contributed by atoms with Gasteiger partial charge in [-0.15, -0.1) is 10.2 Å². The largest absolute Gasteiger partial charge is 0.374 e. The number of nitrogen functional groups attached to an aromatic ring is 1. The summed E-state index contributed by atoms with van der Waals surface area (Å²) in [5, 5.41) is 11.0. The number of ether oxygens (including phenoxy) is 1. The molecule has 20 heavy (non-hydrogen) atoms. The summed E-state index contributed by atoms with van der Waals surface area (Å²) >= 11 is 0. The average molecular weight is 278 g/mol. The lowest BCUT2D eigenvalue weighted by molar-refractivity contribution is 0.128. The van der Waals surface area contributed by atoms with E-state index in [-0.39, 0.29) is 0 Å². The number of nitrogens with zero attached hydrogens (tertiary/aromatic N) is 5. The van der Waals surface area contributed by atoms with Crippen molar-refractivity contribution in [1.82, 2.24) is 24.7 Å². The van der Waals surface area contributed by atoms with E-state index in [0.29, 0.717) is 37.2 Å². The zero-order valence-electron chi connectivity index (χ0n) is 11.5. The van der Waals surface area contributed by atoms with E-state index in [0.717, 1.165) is 5.82 Å². The summed E-state index contributed by atoms with van der Waals surface area (Å²) in [5.41, 5.74) is 2.51. The Morgan fingerprint density at radius 2 is 2.15 bits per heavy atom. The molecule has 0 unspecified atom stereocenters. The first-order valence-corrected chi connectivity index (χ1v) is 6.22. The number of aromatic nitrogens is 5. The Hall–Kier alpha value is -2.26. The molecule has 0 aliphatic carbocycles. The highest BCUT2D eigenvalue weighted by atomic mass is 16.5. The fourth-order valence-corrected chi connectivity index (χ4v) is 1.56. The second-order valence-corrected chi connectivity index (χ2v) is 4.05. The van der Waals surface area contributed by atoms with Crippen molar-refractivity contribution in [2.24, 2.45) is 12.9 Å². The van der Waals surface area contributed by atoms with Crippen molar-refractivity contribution in [3.8, 4) is 0 Å². The Morgan fingerprint density at radius 1 is 1.35 bits per heavy atom. The lowest BCUT2D eigenvalue weighted by Gasteiger charge is -2.09. The summed E-state index contributed by atoms with van der Waals surface area (Å²) in [7, 11) is 1.88. The third kappa shape index (κ3) is 3.62. The number of hydrogen-bond donors (Lipinski definition) is 3. The summed E-state index contributed by atoms with van der Waals surface area (Å²) in [6, 6.07) is 1.71. The molecule has 0 radical (unpaired) electrons. The fourth-order valence-electron chi connectivity index (χ4n) is 1.56. The quantitative estimate of drug-likeness (QED) is 0.480. The molecule has 9 nitrogen and oxygen atoms in total. The molecule has 9 heteroatoms. The molecule has 2 rings (SSSR count). The van der Waals surface area contributed by atoms with Gasteiger partial charge in [0.25, 0.3) is 0 Å². The highest BCUT2D eigenvalue weighted by molar-refractivity contribution is 5.46. The maximum atomic E-state index is 5.40. The average Bonchev–Trinajstić information content (AvgIpc) is 2.88. The van der Waals surface area contributed by atoms with Gasteiger partial charge in [0, 0.05) is 19.7 Å². The maximum absolute atomic E-state index is 5.40. The monoisotopic (exact) mass is 278 g/mol. The Kier molecular flexibility index (Phi) is 4.80. The first-order valence-electron chi connectivity index (χ1n) is 6.22. The smallest absolute Gasteiger partial charge is 0.158 e. The van der Waals surface area contributed by atoms with Crippen LogP contribution in [0.4, 0.5) is 11.6 Å². The summed E-state index contributed by atoms with van der Waals surface area (Å²) in [5.74, 6) is 7.92. The van der Waals surface area contributed by atoms with Crippen LogP contribution >= 0.6 is 0 Å². The van der Waals surface area contributed by atoms with E-state index in [4.69, 9.17) is 10.6 Å². The van der Waals surface area contributed by atoms with Gasteiger partial charge in [0.15, 0.2) is 11.6 Å². The number of rotatable bonds is 7. The second-order valence-electron chi connectivity index (χ2n) is 4.05. The van der Waals surface area contributed by atoms with Crippen molar-refractivity contribution in [1.29, 1.82) is 0 Å². The van der Waals surface area contributed by atoms with Crippen molar-refractivity contribution in [2.75, 3.05) is 17.3 Å². The van der Waals surface area contributed by atoms with Crippen LogP contribution in [-0.2, 0) is 24.9 Å². The van der Waals surface area contributed by atoms with Gasteiger partial charge in [0.1, 0.15) is 24.6 Å². The summed E-state index contributed by atoms with van der Waals surface area (Å²) < 4.78 is 7.13. The van der Waals surface area contributed by atoms with Gasteiger partial charge in [-0.3, -0.25) is 0 Å². The van der Waals surface area contributed by atoms with Gasteiger partial charge in [-0.1, -0.05) is 0 Å². The minimum Gasteiger partial charge on any atom is -0.374 e. The minimum atomic E-state index is 0.338. The second kappa shape index (κ2) is 6.78. The molecule has 0 aromatic carbocycles. The summed E-state index contributed by atoms with van der Waals surface area (Å²) in [6.45, 7) is 3.36. The molecule has 0 saturated heterocycles. The zero-order valence-corrected chi connectivity index (χ0v) is 11.5. The van der Waals surface area contributed by atoms with E-state index in [2.05, 4.69) is 30.9 Å². The molecule has 0 fully saturated rings. The number of hydrazine groups is 1. The van der Waals surface area contributed by atoms with Crippen LogP contribution in [0, 0.1) is 0 Å². The Labute approximate surface area is 116 Å². The van der Waals surface area contributed by atoms with Gasteiger partial charge in [0.05, 0.1) is 6.54 Å². The molecule has 2 heterocycles. The van der Waals surface area contributed by atoms with Gasteiger partial charge >= 0.3 is 0 Å². The van der Waals surface area contributed by atoms with Crippen LogP contribution in [0.5, 0.6) is 0 Å². The molecule has 0 atom stereocenters. The minimum absolute atomic E-state index is 0.338. The van der Waals surface area contributed by atoms with Gasteiger partial charge in [-0.25, -0.2) is 15.8 Å². The van der Waals surface area contributed by atoms with Gasteiger partial charge in [0.2, 0.25) is 0 Å². The lowest BCUT2D eigenvalue weighted by atomic mass is 10.4. The van der Waals surface area contributed by atoms with E-state index in [1.165, 1.54) is 0 Å². The number of aryl methyl sites for hydroxylation is 1. The van der Waals surface area contributed by atoms with E-state index in [1.54, 1.807) is 12.4 Å². The molecule has 4 N–H and O–H groups in total. The normalized spacial score (nSPS) is 10.6. The van der Waals surface area contributed by atoms with Crippen LogP contribution in [-0.4, -0.2) is 31.3 Å². The van der Waals surface area contributed by atoms with Crippen LogP contribution in [0.15, 0.2) is 12.4 Å². The van der Waals surface area contributed by atoms with Crippen molar-refractivity contribution >= 4 is 11.6 Å². The fraction of sp³-hybridized carbons (Fsp3) is 0.455. The highest BCUT2D eigenvalue weighted by Crippen LogP contribution is 2.12. The van der Waals surface area contributed by atoms with E-state index >= 15 is 0 Å². The SMILES string of the molecule is CCOCc1nc(NN)cc(NCc2nncn2C)n1. The third-order valence-electron chi connectivity index (χ3n) is 2.59. The number of nitrogens with two attached hydrogens (primary N) is 1. The Morgan fingerprint density at radius 3 is 2.80 bits per heavy atom. The van der Waals surface area contributed by atoms with Crippen molar-refractivity contribution in [3.05, 3.63) is 24.0 Å². The number of hydrogen-bond acceptors (Lipinski definition) is 8. The predicted molar refractivity (Wildman–Crippen MR) is 73.5 cm³/mol. The molecule has 108 valence electrons. The van der Waals surface area contributed by atoms with E-state index < -0.39 is 0 Å². The third-order valence-corrected chi connectivity index (χ3v) is 2.59. The van der Waals surface area contributed by atoms with Crippen LogP contribution < -0.4 is 16.6 Å². The zero-order chi connectivity index (χ0) is 14.4. The molecular weight excluding hydrogens is 260 g/mol. The molecule has 0 saturated carbocycles. The lowest BCUT2D eigenvalue weighted by Crippen LogP contribution is -2.13. The predicted octanol–water partition coefficient (Wildman–Crippen LogP) is 0.0393. The van der Waals surface area contributed by atoms with Crippen LogP contribution in [0.2, 0.25) is 0 Å². The molecule has 0 amide bonds. The Balaban J connectivity index is 2.07. The first kappa shape index (κ1) is 14.2. The van der Waals surface area contributed by atoms with E-state index in [9.17, 15) is 0 Å². The maximum Gasteiger partial charge on any atom is 0.158 e. The Bertz CT molecular complexity index is 555. The standard InChI is InChI=1S/C11H18N8O/c1-3-20-6-10-15-8(4-9(16-10)17-12)13-5-11-18-14-7-19(11)2/h4,7H,3,5-6,12H2,1-2H3,(H2,13,15,16,17). The van der Waals surface area contributed by atoms with Crippen molar-refractivity contribution < 1.29 is 4.74 Å². The molecule has 2 aromatic heterocycles. The van der Waals surface area contributed by atoms with Crippen LogP contribution in [0.3, 0.4) is 0 Å². The van der Waals surface area contributed by atoms with Gasteiger partial charge in [-0.05, 0) is 6.92 Å². The summed E-state index contributed by atoms with van der Waals surface area (Å²) in [4.78, 5) is 8.55. The highest BCUT2D eigenvalue weighted by Gasteiger charge is 2.06. The van der Waals surface area contributed by atoms with Crippen molar-refractivity contribution in [3.63, 3.8) is 0 Å². The molecule has 0 bridgehead atoms. The molecule has 0 aliphatic rings. The molecular formula is C11H18N8O. The number of nitrogens with one attached hydrogen (secondary N) is 2. The van der Waals surface area contributed by atoms with Crippen LogP contribution in [0.25, 0.3) is 0 Å². The summed E-state index contributed by atoms with van der Waals surface area (Å²) in [6.07, 6.45) is 1.64. The molecule has 2 aromatic rings. The molecule has 0 spiro atoms. The van der Waals surface area contributed by atoms with Crippen molar-refractivity contribution in [2.45, 2.75) is 20.1 Å². The number of anilines is 2. The van der Waals surface area contributed by atoms with E-state index in [1.807, 2.05) is 18.5 Å². The van der Waals surface area contributed by atoms with Gasteiger partial charge in [-0.2, -0.15) is 0 Å². The molecule has 0 aliphatic heterocycles. The van der Waals surface area contributed by atoms with Crippen LogP contribution in [0.1, 0.15) is 18.6 Å². The first-order chi connectivity index (χ1) is 9.72. The van der Waals surface area contributed by atoms with Gasteiger partial charge < -0.3 is 20.0 Å². The topological polar surface area (TPSA) is 116 Å².